The summed E-state index contributed by atoms with van der Waals surface area (Å²) in [6, 6.07) is 14.7. The van der Waals surface area contributed by atoms with Gasteiger partial charge in [0.1, 0.15) is 12.3 Å². The van der Waals surface area contributed by atoms with Crippen LogP contribution < -0.4 is 15.9 Å². The second-order valence-electron chi connectivity index (χ2n) is 6.07. The molecule has 0 saturated heterocycles. The Bertz CT molecular complexity index is 1180. The molecule has 2 aromatic heterocycles. The summed E-state index contributed by atoms with van der Waals surface area (Å²) in [4.78, 5) is 17.0. The molecule has 0 spiro atoms. The second kappa shape index (κ2) is 7.80. The fraction of sp³-hybridized carbons (Fsp3) is 0.105. The highest BCUT2D eigenvalue weighted by atomic mass is 16.6. The van der Waals surface area contributed by atoms with Crippen molar-refractivity contribution in [1.82, 2.24) is 25.3 Å². The van der Waals surface area contributed by atoms with Crippen molar-refractivity contribution in [2.75, 3.05) is 12.8 Å². The Morgan fingerprint density at radius 1 is 1.24 bits per heavy atom. The van der Waals surface area contributed by atoms with E-state index < -0.39 is 0 Å². The topological polar surface area (TPSA) is 133 Å². The monoisotopic (exact) mass is 391 g/mol. The van der Waals surface area contributed by atoms with Gasteiger partial charge in [-0.3, -0.25) is 4.79 Å². The highest BCUT2D eigenvalue weighted by molar-refractivity contribution is 5.86. The van der Waals surface area contributed by atoms with E-state index in [2.05, 4.69) is 30.5 Å². The van der Waals surface area contributed by atoms with E-state index in [1.165, 1.54) is 0 Å². The molecule has 0 aliphatic rings. The van der Waals surface area contributed by atoms with Gasteiger partial charge in [0, 0.05) is 0 Å². The van der Waals surface area contributed by atoms with Crippen molar-refractivity contribution in [3.8, 4) is 17.3 Å². The number of nitrogens with one attached hydrogen (secondary N) is 1. The average Bonchev–Trinajstić information content (AvgIpc) is 3.32. The first-order chi connectivity index (χ1) is 14.2. The van der Waals surface area contributed by atoms with Gasteiger partial charge in [-0.15, -0.1) is 0 Å². The van der Waals surface area contributed by atoms with Crippen molar-refractivity contribution in [3.63, 3.8) is 0 Å². The van der Waals surface area contributed by atoms with E-state index in [0.29, 0.717) is 11.3 Å². The summed E-state index contributed by atoms with van der Waals surface area (Å²) in [5, 5.41) is 11.4. The van der Waals surface area contributed by atoms with Gasteiger partial charge < -0.3 is 15.0 Å². The number of rotatable bonds is 6. The number of hydrazone groups is 1. The number of ether oxygens (including phenoxy) is 1. The number of amides is 1. The number of methoxy groups -OCH3 is 1. The molecular weight excluding hydrogens is 374 g/mol. The number of nitrogens with two attached hydrogens (primary N) is 1. The molecule has 0 saturated carbocycles. The van der Waals surface area contributed by atoms with Crippen molar-refractivity contribution in [2.45, 2.75) is 6.54 Å². The van der Waals surface area contributed by atoms with Crippen molar-refractivity contribution in [3.05, 3.63) is 54.1 Å². The predicted molar refractivity (Wildman–Crippen MR) is 106 cm³/mol. The third-order valence-corrected chi connectivity index (χ3v) is 4.20. The van der Waals surface area contributed by atoms with Crippen molar-refractivity contribution in [1.29, 1.82) is 0 Å². The van der Waals surface area contributed by atoms with Crippen LogP contribution in [-0.2, 0) is 11.3 Å². The molecule has 0 unspecified atom stereocenters. The first kappa shape index (κ1) is 18.2. The summed E-state index contributed by atoms with van der Waals surface area (Å²) in [5.74, 6) is 0.889. The zero-order chi connectivity index (χ0) is 20.2. The maximum absolute atomic E-state index is 12.5. The zero-order valence-corrected chi connectivity index (χ0v) is 15.4. The lowest BCUT2D eigenvalue weighted by Gasteiger charge is -2.06. The van der Waals surface area contributed by atoms with Gasteiger partial charge in [0.15, 0.2) is 17.3 Å². The molecule has 4 aromatic rings. The summed E-state index contributed by atoms with van der Waals surface area (Å²) >= 11 is 0. The SMILES string of the molecule is COc1ccc(/C=N\NC(=O)Cn2c(-c3nonc3N)nc3ccccc32)cc1. The summed E-state index contributed by atoms with van der Waals surface area (Å²) in [7, 11) is 1.60. The average molecular weight is 391 g/mol. The van der Waals surface area contributed by atoms with Crippen molar-refractivity contribution < 1.29 is 14.2 Å². The van der Waals surface area contributed by atoms with Gasteiger partial charge in [-0.1, -0.05) is 12.1 Å². The van der Waals surface area contributed by atoms with Crippen LogP contribution in [0.15, 0.2) is 58.3 Å². The quantitative estimate of drug-likeness (QED) is 0.378. The van der Waals surface area contributed by atoms with Gasteiger partial charge in [0.25, 0.3) is 5.91 Å². The van der Waals surface area contributed by atoms with E-state index in [-0.39, 0.29) is 24.0 Å². The maximum atomic E-state index is 12.5. The Balaban J connectivity index is 1.54. The Morgan fingerprint density at radius 3 is 2.76 bits per heavy atom. The third-order valence-electron chi connectivity index (χ3n) is 4.20. The molecular formula is C19H17N7O3. The molecule has 146 valence electrons. The molecule has 2 aromatic carbocycles. The number of nitrogens with zero attached hydrogens (tertiary/aromatic N) is 5. The van der Waals surface area contributed by atoms with Crippen LogP contribution in [0.3, 0.4) is 0 Å². The van der Waals surface area contributed by atoms with Gasteiger partial charge in [0.05, 0.1) is 24.4 Å². The number of carbonyl (C=O) groups excluding carboxylic acids is 1. The number of carbonyl (C=O) groups is 1. The molecule has 10 nitrogen and oxygen atoms in total. The molecule has 0 aliphatic heterocycles. The molecule has 0 radical (unpaired) electrons. The minimum absolute atomic E-state index is 0.0396. The van der Waals surface area contributed by atoms with Crippen LogP contribution in [0.1, 0.15) is 5.56 Å². The van der Waals surface area contributed by atoms with E-state index >= 15 is 0 Å². The van der Waals surface area contributed by atoms with Gasteiger partial charge in [-0.25, -0.2) is 15.0 Å². The first-order valence-corrected chi connectivity index (χ1v) is 8.65. The zero-order valence-electron chi connectivity index (χ0n) is 15.4. The van der Waals surface area contributed by atoms with E-state index in [1.807, 2.05) is 48.5 Å². The van der Waals surface area contributed by atoms with E-state index in [4.69, 9.17) is 10.5 Å². The lowest BCUT2D eigenvalue weighted by atomic mass is 10.2. The normalized spacial score (nSPS) is 11.2. The van der Waals surface area contributed by atoms with Crippen LogP contribution in [0, 0.1) is 0 Å². The highest BCUT2D eigenvalue weighted by Crippen LogP contribution is 2.26. The Labute approximate surface area is 164 Å². The summed E-state index contributed by atoms with van der Waals surface area (Å²) in [6.07, 6.45) is 1.55. The van der Waals surface area contributed by atoms with E-state index in [1.54, 1.807) is 17.9 Å². The smallest absolute Gasteiger partial charge is 0.260 e. The largest absolute Gasteiger partial charge is 0.497 e. The van der Waals surface area contributed by atoms with Crippen LogP contribution in [0.4, 0.5) is 5.82 Å². The number of hydrogen-bond donors (Lipinski definition) is 2. The lowest BCUT2D eigenvalue weighted by molar-refractivity contribution is -0.121. The lowest BCUT2D eigenvalue weighted by Crippen LogP contribution is -2.23. The fourth-order valence-corrected chi connectivity index (χ4v) is 2.81. The maximum Gasteiger partial charge on any atom is 0.260 e. The molecule has 0 atom stereocenters. The summed E-state index contributed by atoms with van der Waals surface area (Å²) in [5.41, 5.74) is 10.9. The number of para-hydroxylation sites is 2. The molecule has 3 N–H and O–H groups in total. The molecule has 2 heterocycles. The van der Waals surface area contributed by atoms with Crippen molar-refractivity contribution in [2.24, 2.45) is 5.10 Å². The minimum Gasteiger partial charge on any atom is -0.497 e. The number of fused-ring (bicyclic) bond motifs is 1. The number of benzene rings is 2. The van der Waals surface area contributed by atoms with Gasteiger partial charge in [-0.2, -0.15) is 5.10 Å². The molecule has 4 rings (SSSR count). The number of hydrogen-bond acceptors (Lipinski definition) is 8. The standard InChI is InChI=1S/C19H17N7O3/c1-28-13-8-6-12(7-9-13)10-21-23-16(27)11-26-15-5-3-2-4-14(15)22-19(26)17-18(20)25-29-24-17/h2-10H,11H2,1H3,(H2,20,25)(H,23,27)/b21-10-. The summed E-state index contributed by atoms with van der Waals surface area (Å²) in [6.45, 7) is -0.0396. The molecule has 29 heavy (non-hydrogen) atoms. The highest BCUT2D eigenvalue weighted by Gasteiger charge is 2.20. The minimum atomic E-state index is -0.339. The first-order valence-electron chi connectivity index (χ1n) is 8.65. The third kappa shape index (κ3) is 3.76. The number of aromatic nitrogens is 4. The van der Waals surface area contributed by atoms with Crippen LogP contribution in [0.2, 0.25) is 0 Å². The van der Waals surface area contributed by atoms with E-state index in [9.17, 15) is 4.79 Å². The van der Waals surface area contributed by atoms with Crippen LogP contribution >= 0.6 is 0 Å². The van der Waals surface area contributed by atoms with Gasteiger partial charge in [-0.05, 0) is 52.3 Å². The van der Waals surface area contributed by atoms with Gasteiger partial charge in [0.2, 0.25) is 0 Å². The summed E-state index contributed by atoms with van der Waals surface area (Å²) < 4.78 is 11.5. The van der Waals surface area contributed by atoms with Crippen LogP contribution in [-0.4, -0.2) is 39.1 Å². The molecule has 0 fully saturated rings. The number of imidazole rings is 1. The van der Waals surface area contributed by atoms with Crippen LogP contribution in [0.5, 0.6) is 5.75 Å². The van der Waals surface area contributed by atoms with Gasteiger partial charge >= 0.3 is 0 Å². The Morgan fingerprint density at radius 2 is 2.03 bits per heavy atom. The molecule has 10 heteroatoms. The molecule has 1 amide bonds. The van der Waals surface area contributed by atoms with E-state index in [0.717, 1.165) is 16.8 Å². The number of nitrogen functional groups attached to an aromatic ring is 1. The number of anilines is 1. The molecule has 0 aliphatic carbocycles. The molecule has 0 bridgehead atoms. The fourth-order valence-electron chi connectivity index (χ4n) is 2.81. The van der Waals surface area contributed by atoms with Crippen LogP contribution in [0.25, 0.3) is 22.6 Å². The predicted octanol–water partition coefficient (Wildman–Crippen LogP) is 1.83. The van der Waals surface area contributed by atoms with Crippen molar-refractivity contribution >= 4 is 29.0 Å². The Kier molecular flexibility index (Phi) is 4.89. The second-order valence-corrected chi connectivity index (χ2v) is 6.07. The Hall–Kier alpha value is -4.21.